The van der Waals surface area contributed by atoms with Gasteiger partial charge in [-0.25, -0.2) is 8.42 Å². The maximum Gasteiger partial charge on any atom is 0.263 e. The van der Waals surface area contributed by atoms with Gasteiger partial charge in [0.15, 0.2) is 0 Å². The van der Waals surface area contributed by atoms with Gasteiger partial charge in [-0.05, 0) is 25.0 Å². The number of halogens is 1. The number of hydrogen-bond acceptors (Lipinski definition) is 3. The van der Waals surface area contributed by atoms with Gasteiger partial charge in [0, 0.05) is 23.4 Å². The van der Waals surface area contributed by atoms with E-state index < -0.39 is 9.05 Å². The fourth-order valence-electron chi connectivity index (χ4n) is 2.36. The lowest BCUT2D eigenvalue weighted by atomic mass is 10.1. The lowest BCUT2D eigenvalue weighted by Gasteiger charge is -2.11. The van der Waals surface area contributed by atoms with E-state index in [1.54, 1.807) is 12.3 Å². The van der Waals surface area contributed by atoms with Crippen LogP contribution in [0.15, 0.2) is 29.3 Å². The zero-order valence-electron chi connectivity index (χ0n) is 12.5. The van der Waals surface area contributed by atoms with E-state index >= 15 is 0 Å². The summed E-state index contributed by atoms with van der Waals surface area (Å²) in [5.74, 6) is 0.999. The third-order valence-electron chi connectivity index (χ3n) is 3.60. The van der Waals surface area contributed by atoms with Gasteiger partial charge in [-0.2, -0.15) is 0 Å². The standard InChI is InChI=1S/C15H20ClNO3S/c1-4-11(3)9-17-10-14(21(16,18)19)15-12(17)7-6-8-13(15)20-5-2/h6-8,10-11H,4-5,9H2,1-3H3. The highest BCUT2D eigenvalue weighted by Gasteiger charge is 2.22. The van der Waals surface area contributed by atoms with Crippen LogP contribution in [0.4, 0.5) is 0 Å². The second-order valence-corrected chi connectivity index (χ2v) is 7.71. The molecule has 0 N–H and O–H groups in total. The summed E-state index contributed by atoms with van der Waals surface area (Å²) in [6, 6.07) is 5.53. The molecule has 0 amide bonds. The molecule has 1 aromatic heterocycles. The predicted octanol–water partition coefficient (Wildman–Crippen LogP) is 4.01. The second-order valence-electron chi connectivity index (χ2n) is 5.18. The molecule has 6 heteroatoms. The molecule has 0 aliphatic heterocycles. The molecule has 1 aromatic carbocycles. The topological polar surface area (TPSA) is 48.3 Å². The number of ether oxygens (including phenoxy) is 1. The molecule has 0 radical (unpaired) electrons. The molecular weight excluding hydrogens is 310 g/mol. The SMILES string of the molecule is CCOc1cccc2c1c(S(=O)(=O)Cl)cn2CC(C)CC. The smallest absolute Gasteiger partial charge is 0.263 e. The number of rotatable bonds is 6. The number of fused-ring (bicyclic) bond motifs is 1. The van der Waals surface area contributed by atoms with E-state index in [9.17, 15) is 8.42 Å². The third kappa shape index (κ3) is 3.35. The van der Waals surface area contributed by atoms with Gasteiger partial charge in [0.25, 0.3) is 9.05 Å². The van der Waals surface area contributed by atoms with Crippen LogP contribution in [0.5, 0.6) is 5.75 Å². The van der Waals surface area contributed by atoms with E-state index in [0.29, 0.717) is 23.7 Å². The third-order valence-corrected chi connectivity index (χ3v) is 4.93. The first-order chi connectivity index (χ1) is 9.88. The van der Waals surface area contributed by atoms with Gasteiger partial charge in [0.1, 0.15) is 10.6 Å². The molecule has 0 bridgehead atoms. The van der Waals surface area contributed by atoms with Crippen molar-refractivity contribution in [3.05, 3.63) is 24.4 Å². The van der Waals surface area contributed by atoms with E-state index in [-0.39, 0.29) is 4.90 Å². The minimum absolute atomic E-state index is 0.117. The van der Waals surface area contributed by atoms with E-state index in [1.165, 1.54) is 0 Å². The summed E-state index contributed by atoms with van der Waals surface area (Å²) in [7, 11) is 1.78. The Bertz CT molecular complexity index is 737. The minimum atomic E-state index is -3.82. The molecule has 1 heterocycles. The lowest BCUT2D eigenvalue weighted by Crippen LogP contribution is -2.05. The van der Waals surface area contributed by atoms with Crippen molar-refractivity contribution in [3.63, 3.8) is 0 Å². The molecule has 116 valence electrons. The van der Waals surface area contributed by atoms with Crippen LogP contribution < -0.4 is 4.74 Å². The van der Waals surface area contributed by atoms with Gasteiger partial charge in [-0.15, -0.1) is 0 Å². The summed E-state index contributed by atoms with van der Waals surface area (Å²) in [5.41, 5.74) is 0.834. The molecule has 0 spiro atoms. The Balaban J connectivity index is 2.70. The maximum absolute atomic E-state index is 11.9. The van der Waals surface area contributed by atoms with Crippen LogP contribution in [0.2, 0.25) is 0 Å². The average molecular weight is 330 g/mol. The number of nitrogens with zero attached hydrogens (tertiary/aromatic N) is 1. The molecule has 21 heavy (non-hydrogen) atoms. The van der Waals surface area contributed by atoms with Gasteiger partial charge in [0.2, 0.25) is 0 Å². The van der Waals surface area contributed by atoms with Crippen molar-refractivity contribution in [1.29, 1.82) is 0 Å². The lowest BCUT2D eigenvalue weighted by molar-refractivity contribution is 0.344. The van der Waals surface area contributed by atoms with Crippen molar-refractivity contribution in [1.82, 2.24) is 4.57 Å². The maximum atomic E-state index is 11.9. The van der Waals surface area contributed by atoms with Crippen molar-refractivity contribution >= 4 is 30.6 Å². The first-order valence-corrected chi connectivity index (χ1v) is 9.38. The van der Waals surface area contributed by atoms with Gasteiger partial charge in [-0.1, -0.05) is 26.3 Å². The fourth-order valence-corrected chi connectivity index (χ4v) is 3.41. The highest BCUT2D eigenvalue weighted by Crippen LogP contribution is 2.35. The Labute approximate surface area is 130 Å². The average Bonchev–Trinajstić information content (AvgIpc) is 2.79. The molecule has 1 atom stereocenters. The second kappa shape index (κ2) is 6.28. The summed E-state index contributed by atoms with van der Waals surface area (Å²) in [6.45, 7) is 7.32. The highest BCUT2D eigenvalue weighted by molar-refractivity contribution is 8.14. The van der Waals surface area contributed by atoms with Crippen LogP contribution in [0.25, 0.3) is 10.9 Å². The molecular formula is C15H20ClNO3S. The summed E-state index contributed by atoms with van der Waals surface area (Å²) in [5, 5.41) is 0.567. The van der Waals surface area contributed by atoms with Crippen LogP contribution in [-0.4, -0.2) is 19.6 Å². The van der Waals surface area contributed by atoms with Gasteiger partial charge < -0.3 is 9.30 Å². The molecule has 2 rings (SSSR count). The highest BCUT2D eigenvalue weighted by atomic mass is 35.7. The summed E-state index contributed by atoms with van der Waals surface area (Å²) in [4.78, 5) is 0.117. The van der Waals surface area contributed by atoms with Gasteiger partial charge in [-0.3, -0.25) is 0 Å². The Morgan fingerprint density at radius 1 is 1.33 bits per heavy atom. The monoisotopic (exact) mass is 329 g/mol. The predicted molar refractivity (Wildman–Crippen MR) is 85.6 cm³/mol. The van der Waals surface area contributed by atoms with Crippen molar-refractivity contribution in [2.75, 3.05) is 6.61 Å². The Morgan fingerprint density at radius 3 is 2.62 bits per heavy atom. The molecule has 0 fully saturated rings. The molecule has 0 aliphatic rings. The van der Waals surface area contributed by atoms with Crippen LogP contribution in [0, 0.1) is 5.92 Å². The number of aromatic nitrogens is 1. The Morgan fingerprint density at radius 2 is 2.05 bits per heavy atom. The zero-order valence-corrected chi connectivity index (χ0v) is 14.0. The van der Waals surface area contributed by atoms with Crippen molar-refractivity contribution < 1.29 is 13.2 Å². The fraction of sp³-hybridized carbons (Fsp3) is 0.467. The summed E-state index contributed by atoms with van der Waals surface area (Å²) < 4.78 is 31.2. The molecule has 4 nitrogen and oxygen atoms in total. The van der Waals surface area contributed by atoms with Crippen LogP contribution in [-0.2, 0) is 15.6 Å². The number of hydrogen-bond donors (Lipinski definition) is 0. The van der Waals surface area contributed by atoms with E-state index in [1.807, 2.05) is 23.6 Å². The van der Waals surface area contributed by atoms with Crippen LogP contribution in [0.3, 0.4) is 0 Å². The zero-order chi connectivity index (χ0) is 15.6. The molecule has 0 saturated carbocycles. The normalized spacial score (nSPS) is 13.5. The van der Waals surface area contributed by atoms with E-state index in [4.69, 9.17) is 15.4 Å². The van der Waals surface area contributed by atoms with E-state index in [2.05, 4.69) is 13.8 Å². The summed E-state index contributed by atoms with van der Waals surface area (Å²) in [6.07, 6.45) is 2.63. The van der Waals surface area contributed by atoms with Gasteiger partial charge in [0.05, 0.1) is 17.5 Å². The largest absolute Gasteiger partial charge is 0.493 e. The Kier molecular flexibility index (Phi) is 4.84. The first-order valence-electron chi connectivity index (χ1n) is 7.07. The van der Waals surface area contributed by atoms with Crippen molar-refractivity contribution in [2.24, 2.45) is 5.92 Å². The van der Waals surface area contributed by atoms with Crippen molar-refractivity contribution in [2.45, 2.75) is 38.6 Å². The first kappa shape index (κ1) is 16.2. The van der Waals surface area contributed by atoms with E-state index in [0.717, 1.165) is 18.5 Å². The Hall–Kier alpha value is -1.20. The molecule has 1 unspecified atom stereocenters. The van der Waals surface area contributed by atoms with Crippen molar-refractivity contribution in [3.8, 4) is 5.75 Å². The molecule has 0 aliphatic carbocycles. The minimum Gasteiger partial charge on any atom is -0.493 e. The number of benzene rings is 1. The molecule has 0 saturated heterocycles. The quantitative estimate of drug-likeness (QED) is 0.752. The van der Waals surface area contributed by atoms with Crippen LogP contribution in [0.1, 0.15) is 27.2 Å². The van der Waals surface area contributed by atoms with Crippen LogP contribution >= 0.6 is 10.7 Å². The van der Waals surface area contributed by atoms with Gasteiger partial charge >= 0.3 is 0 Å². The summed E-state index contributed by atoms with van der Waals surface area (Å²) >= 11 is 0. The molecule has 2 aromatic rings.